The first-order valence-electron chi connectivity index (χ1n) is 9.78. The van der Waals surface area contributed by atoms with Crippen molar-refractivity contribution in [3.05, 3.63) is 79.3 Å². The molecule has 0 aliphatic carbocycles. The summed E-state index contributed by atoms with van der Waals surface area (Å²) in [7, 11) is 2.94. The number of carbonyl (C=O) groups excluding carboxylic acids is 1. The van der Waals surface area contributed by atoms with Crippen LogP contribution in [0, 0.1) is 5.92 Å². The van der Waals surface area contributed by atoms with Crippen LogP contribution in [0.4, 0.5) is 0 Å². The van der Waals surface area contributed by atoms with Crippen LogP contribution in [-0.4, -0.2) is 30.5 Å². The van der Waals surface area contributed by atoms with Crippen LogP contribution in [0.3, 0.4) is 0 Å². The Bertz CT molecular complexity index is 1360. The van der Waals surface area contributed by atoms with Gasteiger partial charge in [0.1, 0.15) is 17.4 Å². The molecule has 0 unspecified atom stereocenters. The zero-order chi connectivity index (χ0) is 21.8. The highest BCUT2D eigenvalue weighted by molar-refractivity contribution is 7.07. The number of hydrogen-bond donors (Lipinski definition) is 0. The van der Waals surface area contributed by atoms with E-state index >= 15 is 0 Å². The average molecular weight is 436 g/mol. The number of nitrogens with zero attached hydrogens (tertiary/aromatic N) is 2. The molecule has 8 heteroatoms. The molecule has 5 rings (SSSR count). The minimum Gasteiger partial charge on any atom is -0.497 e. The van der Waals surface area contributed by atoms with E-state index in [0.717, 1.165) is 16.9 Å². The first-order chi connectivity index (χ1) is 14.9. The van der Waals surface area contributed by atoms with Crippen LogP contribution >= 0.6 is 11.3 Å². The van der Waals surface area contributed by atoms with E-state index < -0.39 is 23.7 Å². The van der Waals surface area contributed by atoms with Gasteiger partial charge in [0, 0.05) is 5.56 Å². The van der Waals surface area contributed by atoms with Gasteiger partial charge in [0.05, 0.1) is 24.8 Å². The molecule has 0 radical (unpaired) electrons. The van der Waals surface area contributed by atoms with Crippen molar-refractivity contribution in [1.29, 1.82) is 0 Å². The van der Waals surface area contributed by atoms with Crippen LogP contribution in [-0.2, 0) is 9.53 Å². The molecule has 1 aromatic heterocycles. The summed E-state index contributed by atoms with van der Waals surface area (Å²) >= 11 is 1.28. The Balaban J connectivity index is 1.75. The average Bonchev–Trinajstić information content (AvgIpc) is 3.06. The number of rotatable bonds is 3. The fourth-order valence-electron chi connectivity index (χ4n) is 4.28. The number of fused-ring (bicyclic) bond motifs is 6. The van der Waals surface area contributed by atoms with Gasteiger partial charge in [-0.1, -0.05) is 41.7 Å². The Hall–Kier alpha value is -3.39. The number of para-hydroxylation sites is 1. The lowest BCUT2D eigenvalue weighted by Crippen LogP contribution is -2.58. The largest absolute Gasteiger partial charge is 0.497 e. The number of methoxy groups -OCH3 is 2. The molecule has 2 aliphatic rings. The standard InChI is InChI=1S/C23H20N2O5S/c1-23-18(21(27)29-3)19(15-6-4-5-7-16(15)30-23)25-20(26)17(31-22(25)24-23)12-13-8-10-14(28-2)11-9-13/h4-12,18-19H,1-3H3/b17-12+/t18-,19+,23+/m0/s1. The molecule has 7 nitrogen and oxygen atoms in total. The summed E-state index contributed by atoms with van der Waals surface area (Å²) in [6, 6.07) is 14.3. The summed E-state index contributed by atoms with van der Waals surface area (Å²) in [5.74, 6) is 0.116. The van der Waals surface area contributed by atoms with Crippen LogP contribution in [0.5, 0.6) is 11.5 Å². The summed E-state index contributed by atoms with van der Waals surface area (Å²) in [5, 5.41) is 0. The molecule has 2 aliphatic heterocycles. The quantitative estimate of drug-likeness (QED) is 0.586. The molecule has 0 amide bonds. The number of esters is 1. The van der Waals surface area contributed by atoms with E-state index in [1.54, 1.807) is 18.6 Å². The van der Waals surface area contributed by atoms with Gasteiger partial charge in [-0.2, -0.15) is 0 Å². The molecule has 3 heterocycles. The SMILES string of the molecule is COC(=O)[C@@H]1[C@H]2c3ccccc3O[C@@]1(C)N=c1s/c(=C/c3ccc(OC)cc3)c(=O)n12. The third kappa shape index (κ3) is 2.97. The normalized spacial score (nSPS) is 23.8. The summed E-state index contributed by atoms with van der Waals surface area (Å²) in [5.41, 5.74) is 0.271. The van der Waals surface area contributed by atoms with Crippen molar-refractivity contribution in [1.82, 2.24) is 4.57 Å². The van der Waals surface area contributed by atoms with E-state index in [-0.39, 0.29) is 5.56 Å². The molecule has 31 heavy (non-hydrogen) atoms. The van der Waals surface area contributed by atoms with E-state index in [9.17, 15) is 9.59 Å². The van der Waals surface area contributed by atoms with Crippen molar-refractivity contribution < 1.29 is 19.0 Å². The minimum atomic E-state index is -1.17. The van der Waals surface area contributed by atoms with Crippen LogP contribution in [0.2, 0.25) is 0 Å². The van der Waals surface area contributed by atoms with Crippen LogP contribution in [0.15, 0.2) is 58.3 Å². The van der Waals surface area contributed by atoms with Gasteiger partial charge >= 0.3 is 5.97 Å². The molecule has 3 aromatic rings. The molecule has 0 fully saturated rings. The number of ether oxygens (including phenoxy) is 3. The molecule has 158 valence electrons. The maximum absolute atomic E-state index is 13.5. The summed E-state index contributed by atoms with van der Waals surface area (Å²) in [6.45, 7) is 1.76. The molecule has 0 saturated carbocycles. The van der Waals surface area contributed by atoms with Crippen molar-refractivity contribution in [2.24, 2.45) is 10.9 Å². The lowest BCUT2D eigenvalue weighted by atomic mass is 9.81. The minimum absolute atomic E-state index is 0.197. The van der Waals surface area contributed by atoms with Gasteiger partial charge in [0.25, 0.3) is 5.56 Å². The van der Waals surface area contributed by atoms with Crippen LogP contribution in [0.25, 0.3) is 6.08 Å². The fraction of sp³-hybridized carbons (Fsp3) is 0.261. The van der Waals surface area contributed by atoms with Gasteiger partial charge in [-0.25, -0.2) is 4.99 Å². The number of hydrogen-bond acceptors (Lipinski definition) is 7. The van der Waals surface area contributed by atoms with Gasteiger partial charge in [-0.05, 0) is 36.8 Å². The van der Waals surface area contributed by atoms with E-state index in [1.165, 1.54) is 18.4 Å². The molecular formula is C23H20N2O5S. The second-order valence-corrected chi connectivity index (χ2v) is 8.60. The third-order valence-electron chi connectivity index (χ3n) is 5.75. The van der Waals surface area contributed by atoms with Gasteiger partial charge in [-0.3, -0.25) is 14.2 Å². The van der Waals surface area contributed by atoms with Gasteiger partial charge in [-0.15, -0.1) is 0 Å². The van der Waals surface area contributed by atoms with Crippen molar-refractivity contribution in [3.63, 3.8) is 0 Å². The molecule has 3 atom stereocenters. The number of benzene rings is 2. The molecule has 0 saturated heterocycles. The first kappa shape index (κ1) is 19.6. The number of aromatic nitrogens is 1. The maximum atomic E-state index is 13.5. The highest BCUT2D eigenvalue weighted by Gasteiger charge is 2.55. The van der Waals surface area contributed by atoms with Crippen LogP contribution < -0.4 is 24.4 Å². The topological polar surface area (TPSA) is 79.1 Å². The second-order valence-electron chi connectivity index (χ2n) is 7.59. The Morgan fingerprint density at radius 1 is 1.19 bits per heavy atom. The van der Waals surface area contributed by atoms with Gasteiger partial charge in [0.15, 0.2) is 4.80 Å². The van der Waals surface area contributed by atoms with E-state index in [4.69, 9.17) is 19.2 Å². The highest BCUT2D eigenvalue weighted by atomic mass is 32.1. The van der Waals surface area contributed by atoms with Crippen LogP contribution in [0.1, 0.15) is 24.1 Å². The summed E-state index contributed by atoms with van der Waals surface area (Å²) in [6.07, 6.45) is 1.82. The molecule has 0 N–H and O–H groups in total. The lowest BCUT2D eigenvalue weighted by molar-refractivity contribution is -0.158. The molecular weight excluding hydrogens is 416 g/mol. The summed E-state index contributed by atoms with van der Waals surface area (Å²) in [4.78, 5) is 31.5. The fourth-order valence-corrected chi connectivity index (χ4v) is 5.38. The predicted octanol–water partition coefficient (Wildman–Crippen LogP) is 1.87. The van der Waals surface area contributed by atoms with Crippen molar-refractivity contribution >= 4 is 23.4 Å². The Kier molecular flexibility index (Phi) is 4.48. The zero-order valence-electron chi connectivity index (χ0n) is 17.2. The monoisotopic (exact) mass is 436 g/mol. The third-order valence-corrected chi connectivity index (χ3v) is 6.73. The van der Waals surface area contributed by atoms with Crippen molar-refractivity contribution in [3.8, 4) is 11.5 Å². The smallest absolute Gasteiger partial charge is 0.317 e. The predicted molar refractivity (Wildman–Crippen MR) is 115 cm³/mol. The number of thiazole rings is 1. The lowest BCUT2D eigenvalue weighted by Gasteiger charge is -2.44. The van der Waals surface area contributed by atoms with Gasteiger partial charge in [0.2, 0.25) is 5.72 Å². The molecule has 0 spiro atoms. The van der Waals surface area contributed by atoms with E-state index in [0.29, 0.717) is 15.1 Å². The molecule has 2 bridgehead atoms. The van der Waals surface area contributed by atoms with Crippen molar-refractivity contribution in [2.75, 3.05) is 14.2 Å². The van der Waals surface area contributed by atoms with E-state index in [1.807, 2.05) is 54.6 Å². The maximum Gasteiger partial charge on any atom is 0.317 e. The Labute approximate surface area is 181 Å². The Morgan fingerprint density at radius 3 is 2.65 bits per heavy atom. The molecule has 2 aromatic carbocycles. The van der Waals surface area contributed by atoms with E-state index in [2.05, 4.69) is 0 Å². The first-order valence-corrected chi connectivity index (χ1v) is 10.6. The Morgan fingerprint density at radius 2 is 1.94 bits per heavy atom. The van der Waals surface area contributed by atoms with Crippen molar-refractivity contribution in [2.45, 2.75) is 18.7 Å². The number of carbonyl (C=O) groups is 1. The second kappa shape index (κ2) is 7.09. The summed E-state index contributed by atoms with van der Waals surface area (Å²) < 4.78 is 18.6. The highest BCUT2D eigenvalue weighted by Crippen LogP contribution is 2.47. The van der Waals surface area contributed by atoms with Gasteiger partial charge < -0.3 is 14.2 Å². The zero-order valence-corrected chi connectivity index (χ0v) is 18.0.